The first-order valence-corrected chi connectivity index (χ1v) is 11.2. The van der Waals surface area contributed by atoms with E-state index in [4.69, 9.17) is 0 Å². The van der Waals surface area contributed by atoms with E-state index in [2.05, 4.69) is 27.7 Å². The topological polar surface area (TPSA) is 0 Å². The van der Waals surface area contributed by atoms with Gasteiger partial charge in [-0.05, 0) is 18.3 Å². The highest BCUT2D eigenvalue weighted by Gasteiger charge is 2.12. The van der Waals surface area contributed by atoms with Crippen LogP contribution in [0.2, 0.25) is 0 Å². The van der Waals surface area contributed by atoms with E-state index in [0.29, 0.717) is 0 Å². The van der Waals surface area contributed by atoms with Crippen LogP contribution in [-0.2, 0) is 0 Å². The SMILES string of the molecule is CCCCCCCCC(C)CC(CCC)CCCCCCCC. The zero-order valence-electron chi connectivity index (χ0n) is 17.2. The quantitative estimate of drug-likeness (QED) is 0.221. The Kier molecular flexibility index (Phi) is 18.3. The number of hydrogen-bond donors (Lipinski definition) is 0. The number of rotatable bonds is 18. The summed E-state index contributed by atoms with van der Waals surface area (Å²) >= 11 is 0. The lowest BCUT2D eigenvalue weighted by Gasteiger charge is -2.21. The molecule has 0 nitrogen and oxygen atoms in total. The summed E-state index contributed by atoms with van der Waals surface area (Å²) in [5.74, 6) is 1.97. The van der Waals surface area contributed by atoms with Gasteiger partial charge in [0.25, 0.3) is 0 Å². The molecule has 2 unspecified atom stereocenters. The molecule has 2 atom stereocenters. The fourth-order valence-electron chi connectivity index (χ4n) is 3.96. The van der Waals surface area contributed by atoms with Gasteiger partial charge < -0.3 is 0 Å². The molecule has 0 saturated heterocycles. The molecule has 0 fully saturated rings. The maximum Gasteiger partial charge on any atom is -0.0412 e. The Morgan fingerprint density at radius 2 is 0.957 bits per heavy atom. The Labute approximate surface area is 149 Å². The van der Waals surface area contributed by atoms with Crippen molar-refractivity contribution in [2.45, 2.75) is 137 Å². The summed E-state index contributed by atoms with van der Waals surface area (Å²) in [6.45, 7) is 9.49. The van der Waals surface area contributed by atoms with Crippen LogP contribution < -0.4 is 0 Å². The average molecular weight is 325 g/mol. The number of unbranched alkanes of at least 4 members (excludes halogenated alkanes) is 10. The van der Waals surface area contributed by atoms with Crippen molar-refractivity contribution in [1.82, 2.24) is 0 Å². The molecule has 0 heterocycles. The molecule has 0 aliphatic carbocycles. The third-order valence-corrected chi connectivity index (χ3v) is 5.45. The van der Waals surface area contributed by atoms with Gasteiger partial charge in [0.1, 0.15) is 0 Å². The van der Waals surface area contributed by atoms with Gasteiger partial charge in [0.05, 0.1) is 0 Å². The van der Waals surface area contributed by atoms with Gasteiger partial charge >= 0.3 is 0 Å². The summed E-state index contributed by atoms with van der Waals surface area (Å²) in [6, 6.07) is 0. The molecular weight excluding hydrogens is 276 g/mol. The van der Waals surface area contributed by atoms with Gasteiger partial charge in [-0.3, -0.25) is 0 Å². The minimum atomic E-state index is 0.956. The average Bonchev–Trinajstić information content (AvgIpc) is 2.54. The van der Waals surface area contributed by atoms with E-state index in [0.717, 1.165) is 11.8 Å². The van der Waals surface area contributed by atoms with Crippen molar-refractivity contribution in [3.63, 3.8) is 0 Å². The van der Waals surface area contributed by atoms with Gasteiger partial charge in [0, 0.05) is 0 Å². The number of hydrogen-bond acceptors (Lipinski definition) is 0. The van der Waals surface area contributed by atoms with Crippen LogP contribution >= 0.6 is 0 Å². The van der Waals surface area contributed by atoms with Crippen LogP contribution in [0.5, 0.6) is 0 Å². The van der Waals surface area contributed by atoms with Crippen LogP contribution in [0.4, 0.5) is 0 Å². The van der Waals surface area contributed by atoms with Crippen LogP contribution in [0.15, 0.2) is 0 Å². The van der Waals surface area contributed by atoms with Gasteiger partial charge in [-0.2, -0.15) is 0 Å². The molecule has 0 aliphatic rings. The molecule has 0 aromatic carbocycles. The maximum atomic E-state index is 2.51. The van der Waals surface area contributed by atoms with E-state index in [1.165, 1.54) is 109 Å². The molecule has 0 radical (unpaired) electrons. The van der Waals surface area contributed by atoms with Crippen molar-refractivity contribution in [2.24, 2.45) is 11.8 Å². The van der Waals surface area contributed by atoms with Gasteiger partial charge in [-0.15, -0.1) is 0 Å². The zero-order chi connectivity index (χ0) is 17.2. The third kappa shape index (κ3) is 16.6. The first kappa shape index (κ1) is 23.0. The minimum Gasteiger partial charge on any atom is -0.0654 e. The van der Waals surface area contributed by atoms with Crippen LogP contribution in [0, 0.1) is 11.8 Å². The van der Waals surface area contributed by atoms with E-state index in [1.54, 1.807) is 0 Å². The molecular formula is C23H48. The van der Waals surface area contributed by atoms with Crippen molar-refractivity contribution < 1.29 is 0 Å². The molecule has 0 rings (SSSR count). The van der Waals surface area contributed by atoms with E-state index < -0.39 is 0 Å². The lowest BCUT2D eigenvalue weighted by Crippen LogP contribution is -2.07. The van der Waals surface area contributed by atoms with Crippen LogP contribution in [-0.4, -0.2) is 0 Å². The zero-order valence-corrected chi connectivity index (χ0v) is 17.2. The van der Waals surface area contributed by atoms with Gasteiger partial charge in [0.2, 0.25) is 0 Å². The van der Waals surface area contributed by atoms with Gasteiger partial charge in [-0.25, -0.2) is 0 Å². The summed E-state index contributed by atoms with van der Waals surface area (Å²) in [5.41, 5.74) is 0. The molecule has 0 heteroatoms. The predicted molar refractivity (Wildman–Crippen MR) is 108 cm³/mol. The molecule has 0 saturated carbocycles. The summed E-state index contributed by atoms with van der Waals surface area (Å²) in [5, 5.41) is 0. The van der Waals surface area contributed by atoms with Crippen molar-refractivity contribution >= 4 is 0 Å². The highest BCUT2D eigenvalue weighted by Crippen LogP contribution is 2.26. The van der Waals surface area contributed by atoms with E-state index in [9.17, 15) is 0 Å². The highest BCUT2D eigenvalue weighted by molar-refractivity contribution is 4.65. The van der Waals surface area contributed by atoms with Gasteiger partial charge in [-0.1, -0.05) is 130 Å². The molecule has 0 N–H and O–H groups in total. The predicted octanol–water partition coefficient (Wildman–Crippen LogP) is 8.93. The lowest BCUT2D eigenvalue weighted by molar-refractivity contribution is 0.319. The minimum absolute atomic E-state index is 0.956. The lowest BCUT2D eigenvalue weighted by atomic mass is 9.85. The van der Waals surface area contributed by atoms with Crippen molar-refractivity contribution in [1.29, 1.82) is 0 Å². The van der Waals surface area contributed by atoms with Crippen molar-refractivity contribution in [3.8, 4) is 0 Å². The molecule has 0 bridgehead atoms. The second-order valence-corrected chi connectivity index (χ2v) is 8.11. The Balaban J connectivity index is 3.66. The fourth-order valence-corrected chi connectivity index (χ4v) is 3.96. The summed E-state index contributed by atoms with van der Waals surface area (Å²) in [7, 11) is 0. The molecule has 0 spiro atoms. The first-order valence-electron chi connectivity index (χ1n) is 11.2. The molecule has 0 amide bonds. The van der Waals surface area contributed by atoms with Crippen molar-refractivity contribution in [2.75, 3.05) is 0 Å². The molecule has 140 valence electrons. The Morgan fingerprint density at radius 1 is 0.478 bits per heavy atom. The largest absolute Gasteiger partial charge is 0.0654 e. The Hall–Kier alpha value is 0. The highest BCUT2D eigenvalue weighted by atomic mass is 14.2. The van der Waals surface area contributed by atoms with Crippen LogP contribution in [0.25, 0.3) is 0 Å². The Morgan fingerprint density at radius 3 is 1.48 bits per heavy atom. The molecule has 0 aromatic heterocycles. The van der Waals surface area contributed by atoms with Crippen LogP contribution in [0.3, 0.4) is 0 Å². The maximum absolute atomic E-state index is 2.51. The summed E-state index contributed by atoms with van der Waals surface area (Å²) in [6.07, 6.45) is 24.7. The molecule has 23 heavy (non-hydrogen) atoms. The second kappa shape index (κ2) is 18.3. The monoisotopic (exact) mass is 324 g/mol. The normalized spacial score (nSPS) is 14.1. The Bertz CT molecular complexity index is 208. The third-order valence-electron chi connectivity index (χ3n) is 5.45. The first-order chi connectivity index (χ1) is 11.2. The molecule has 0 aliphatic heterocycles. The fraction of sp³-hybridized carbons (Fsp3) is 1.00. The van der Waals surface area contributed by atoms with E-state index >= 15 is 0 Å². The summed E-state index contributed by atoms with van der Waals surface area (Å²) < 4.78 is 0. The standard InChI is InChI=1S/C23H48/c1-5-8-10-12-14-16-19-22(4)21-23(18-7-3)20-17-15-13-11-9-6-2/h22-23H,5-21H2,1-4H3. The van der Waals surface area contributed by atoms with Crippen molar-refractivity contribution in [3.05, 3.63) is 0 Å². The second-order valence-electron chi connectivity index (χ2n) is 8.11. The van der Waals surface area contributed by atoms with Crippen LogP contribution in [0.1, 0.15) is 137 Å². The summed E-state index contributed by atoms with van der Waals surface area (Å²) in [4.78, 5) is 0. The smallest absolute Gasteiger partial charge is 0.0412 e. The van der Waals surface area contributed by atoms with E-state index in [1.807, 2.05) is 0 Å². The molecule has 0 aromatic rings. The van der Waals surface area contributed by atoms with E-state index in [-0.39, 0.29) is 0 Å². The van der Waals surface area contributed by atoms with Gasteiger partial charge in [0.15, 0.2) is 0 Å².